The first-order valence-electron chi connectivity index (χ1n) is 9.28. The number of hydrogen-bond acceptors (Lipinski definition) is 4. The lowest BCUT2D eigenvalue weighted by Gasteiger charge is -2.33. The van der Waals surface area contributed by atoms with Crippen molar-refractivity contribution in [2.24, 2.45) is 0 Å². The molecule has 1 heterocycles. The fourth-order valence-electron chi connectivity index (χ4n) is 3.13. The predicted molar refractivity (Wildman–Crippen MR) is 106 cm³/mol. The summed E-state index contributed by atoms with van der Waals surface area (Å²) in [7, 11) is 1.60. The quantitative estimate of drug-likeness (QED) is 0.858. The first kappa shape index (κ1) is 20.8. The van der Waals surface area contributed by atoms with E-state index in [0.717, 1.165) is 24.0 Å². The average molecular weight is 374 g/mol. The van der Waals surface area contributed by atoms with E-state index in [9.17, 15) is 9.59 Å². The lowest BCUT2D eigenvalue weighted by atomic mass is 10.0. The van der Waals surface area contributed by atoms with Gasteiger partial charge in [0, 0.05) is 24.7 Å². The Morgan fingerprint density at radius 1 is 1.37 bits per heavy atom. The second-order valence-electron chi connectivity index (χ2n) is 7.78. The van der Waals surface area contributed by atoms with Crippen LogP contribution in [0.15, 0.2) is 24.8 Å². The average Bonchev–Trinajstić information content (AvgIpc) is 2.60. The van der Waals surface area contributed by atoms with Gasteiger partial charge in [-0.3, -0.25) is 4.79 Å². The fourth-order valence-corrected chi connectivity index (χ4v) is 3.13. The van der Waals surface area contributed by atoms with E-state index in [4.69, 9.17) is 9.47 Å². The smallest absolute Gasteiger partial charge is 0.407 e. The zero-order valence-corrected chi connectivity index (χ0v) is 16.7. The number of carbonyl (C=O) groups is 2. The molecule has 6 heteroatoms. The van der Waals surface area contributed by atoms with Crippen molar-refractivity contribution in [3.05, 3.63) is 35.9 Å². The Morgan fingerprint density at radius 2 is 2.11 bits per heavy atom. The molecule has 2 amide bonds. The van der Waals surface area contributed by atoms with Crippen molar-refractivity contribution in [2.45, 2.75) is 51.7 Å². The maximum absolute atomic E-state index is 12.8. The van der Waals surface area contributed by atoms with Gasteiger partial charge in [0.15, 0.2) is 0 Å². The summed E-state index contributed by atoms with van der Waals surface area (Å²) in [6, 6.07) is 5.58. The van der Waals surface area contributed by atoms with Crippen LogP contribution in [0, 0.1) is 0 Å². The fraction of sp³-hybridized carbons (Fsp3) is 0.524. The van der Waals surface area contributed by atoms with E-state index < -0.39 is 11.7 Å². The number of ether oxygens (including phenoxy) is 2. The molecule has 1 aromatic carbocycles. The van der Waals surface area contributed by atoms with Gasteiger partial charge in [-0.15, -0.1) is 0 Å². The van der Waals surface area contributed by atoms with Gasteiger partial charge in [-0.1, -0.05) is 18.7 Å². The molecule has 0 bridgehead atoms. The molecular formula is C21H30N2O4. The van der Waals surface area contributed by atoms with Crippen molar-refractivity contribution in [3.63, 3.8) is 0 Å². The molecule has 2 rings (SSSR count). The zero-order valence-electron chi connectivity index (χ0n) is 16.7. The maximum atomic E-state index is 12.8. The van der Waals surface area contributed by atoms with Gasteiger partial charge in [0.05, 0.1) is 13.5 Å². The highest BCUT2D eigenvalue weighted by atomic mass is 16.6. The third-order valence-electron chi connectivity index (χ3n) is 4.38. The van der Waals surface area contributed by atoms with Crippen LogP contribution in [0.2, 0.25) is 0 Å². The molecule has 27 heavy (non-hydrogen) atoms. The second kappa shape index (κ2) is 8.93. The summed E-state index contributed by atoms with van der Waals surface area (Å²) < 4.78 is 10.7. The first-order chi connectivity index (χ1) is 12.7. The summed E-state index contributed by atoms with van der Waals surface area (Å²) in [5.41, 5.74) is 1.24. The molecule has 1 saturated heterocycles. The highest BCUT2D eigenvalue weighted by molar-refractivity contribution is 5.80. The standard InChI is InChI=1S/C21H30N2O4/c1-6-15-9-10-18(26-5)16(12-15)13-19(24)23-11-7-8-17(14-23)22-20(25)27-21(2,3)4/h6,9-10,12,17H,1,7-8,11,13-14H2,2-5H3,(H,22,25)/t17-/m1/s1. The van der Waals surface area contributed by atoms with Crippen LogP contribution in [0.5, 0.6) is 5.75 Å². The van der Waals surface area contributed by atoms with Crippen molar-refractivity contribution in [1.29, 1.82) is 0 Å². The number of piperidine rings is 1. The minimum atomic E-state index is -0.541. The number of nitrogens with one attached hydrogen (secondary N) is 1. The molecule has 0 spiro atoms. The number of amides is 2. The Bertz CT molecular complexity index is 694. The molecular weight excluding hydrogens is 344 g/mol. The van der Waals surface area contributed by atoms with E-state index >= 15 is 0 Å². The molecule has 148 valence electrons. The number of rotatable bonds is 5. The summed E-state index contributed by atoms with van der Waals surface area (Å²) >= 11 is 0. The number of benzene rings is 1. The van der Waals surface area contributed by atoms with Crippen molar-refractivity contribution in [1.82, 2.24) is 10.2 Å². The van der Waals surface area contributed by atoms with E-state index in [-0.39, 0.29) is 18.4 Å². The Labute approximate surface area is 161 Å². The van der Waals surface area contributed by atoms with Gasteiger partial charge in [0.2, 0.25) is 5.91 Å². The normalized spacial score (nSPS) is 17.2. The zero-order chi connectivity index (χ0) is 20.0. The first-order valence-corrected chi connectivity index (χ1v) is 9.28. The molecule has 6 nitrogen and oxygen atoms in total. The SMILES string of the molecule is C=Cc1ccc(OC)c(CC(=O)N2CCC[C@@H](NC(=O)OC(C)(C)C)C2)c1. The minimum Gasteiger partial charge on any atom is -0.496 e. The van der Waals surface area contributed by atoms with E-state index in [1.807, 2.05) is 39.0 Å². The van der Waals surface area contributed by atoms with Gasteiger partial charge in [0.25, 0.3) is 0 Å². The number of hydrogen-bond donors (Lipinski definition) is 1. The van der Waals surface area contributed by atoms with Crippen molar-refractivity contribution in [3.8, 4) is 5.75 Å². The highest BCUT2D eigenvalue weighted by Gasteiger charge is 2.27. The summed E-state index contributed by atoms with van der Waals surface area (Å²) in [5, 5.41) is 2.87. The van der Waals surface area contributed by atoms with Crippen LogP contribution in [-0.2, 0) is 16.0 Å². The lowest BCUT2D eigenvalue weighted by Crippen LogP contribution is -2.50. The molecule has 1 aliphatic heterocycles. The summed E-state index contributed by atoms with van der Waals surface area (Å²) in [6.45, 7) is 10.4. The molecule has 0 unspecified atom stereocenters. The number of alkyl carbamates (subject to hydrolysis) is 1. The van der Waals surface area contributed by atoms with Gasteiger partial charge in [-0.05, 0) is 51.3 Å². The summed E-state index contributed by atoms with van der Waals surface area (Å²) in [5.74, 6) is 0.708. The largest absolute Gasteiger partial charge is 0.496 e. The predicted octanol–water partition coefficient (Wildman–Crippen LogP) is 3.40. The van der Waals surface area contributed by atoms with Crippen LogP contribution in [0.25, 0.3) is 6.08 Å². The number of methoxy groups -OCH3 is 1. The summed E-state index contributed by atoms with van der Waals surface area (Å²) in [6.07, 6.45) is 3.23. The minimum absolute atomic E-state index is 0.0187. The van der Waals surface area contributed by atoms with Crippen LogP contribution in [0.1, 0.15) is 44.7 Å². The monoisotopic (exact) mass is 374 g/mol. The van der Waals surface area contributed by atoms with Gasteiger partial charge in [-0.25, -0.2) is 4.79 Å². The van der Waals surface area contributed by atoms with Crippen LogP contribution >= 0.6 is 0 Å². The van der Waals surface area contributed by atoms with Crippen LogP contribution in [0.3, 0.4) is 0 Å². The molecule has 0 aliphatic carbocycles. The van der Waals surface area contributed by atoms with Gasteiger partial charge < -0.3 is 19.7 Å². The third-order valence-corrected chi connectivity index (χ3v) is 4.38. The molecule has 1 aromatic rings. The van der Waals surface area contributed by atoms with Gasteiger partial charge in [-0.2, -0.15) is 0 Å². The van der Waals surface area contributed by atoms with Gasteiger partial charge >= 0.3 is 6.09 Å². The van der Waals surface area contributed by atoms with E-state index in [1.54, 1.807) is 18.1 Å². The van der Waals surface area contributed by atoms with E-state index in [0.29, 0.717) is 18.8 Å². The molecule has 1 fully saturated rings. The molecule has 1 atom stereocenters. The number of likely N-dealkylation sites (tertiary alicyclic amines) is 1. The lowest BCUT2D eigenvalue weighted by molar-refractivity contribution is -0.131. The number of nitrogens with zero attached hydrogens (tertiary/aromatic N) is 1. The molecule has 0 saturated carbocycles. The molecule has 1 aliphatic rings. The van der Waals surface area contributed by atoms with Crippen molar-refractivity contribution >= 4 is 18.1 Å². The maximum Gasteiger partial charge on any atom is 0.407 e. The summed E-state index contributed by atoms with van der Waals surface area (Å²) in [4.78, 5) is 26.6. The third kappa shape index (κ3) is 6.31. The Kier molecular flexibility index (Phi) is 6.88. The van der Waals surface area contributed by atoms with Crippen LogP contribution in [-0.4, -0.2) is 48.7 Å². The van der Waals surface area contributed by atoms with Crippen molar-refractivity contribution < 1.29 is 19.1 Å². The Hall–Kier alpha value is -2.50. The molecule has 0 radical (unpaired) electrons. The van der Waals surface area contributed by atoms with Crippen molar-refractivity contribution in [2.75, 3.05) is 20.2 Å². The van der Waals surface area contributed by atoms with Gasteiger partial charge in [0.1, 0.15) is 11.4 Å². The van der Waals surface area contributed by atoms with E-state index in [2.05, 4.69) is 11.9 Å². The molecule has 0 aromatic heterocycles. The number of carbonyl (C=O) groups excluding carboxylic acids is 2. The molecule has 1 N–H and O–H groups in total. The highest BCUT2D eigenvalue weighted by Crippen LogP contribution is 2.22. The Morgan fingerprint density at radius 3 is 2.74 bits per heavy atom. The van der Waals surface area contributed by atoms with Crippen LogP contribution in [0.4, 0.5) is 4.79 Å². The topological polar surface area (TPSA) is 67.9 Å². The van der Waals surface area contributed by atoms with Crippen LogP contribution < -0.4 is 10.1 Å². The second-order valence-corrected chi connectivity index (χ2v) is 7.78. The van der Waals surface area contributed by atoms with E-state index in [1.165, 1.54) is 0 Å². The Balaban J connectivity index is 1.98.